The van der Waals surface area contributed by atoms with Crippen LogP contribution < -0.4 is 5.32 Å². The number of hydrogen-bond donors (Lipinski definition) is 3. The number of carbonyl (C=O) groups is 1. The molecule has 0 saturated carbocycles. The SMILES string of the molecule is CS(=O)(=O)c1cccc(C(=O)Nc2cc(S(=O)(=O)O)cc(S(=O)(=O)O)c2)c1. The summed E-state index contributed by atoms with van der Waals surface area (Å²) in [6.07, 6.45) is 0.942. The molecule has 0 aliphatic carbocycles. The largest absolute Gasteiger partial charge is 0.322 e. The van der Waals surface area contributed by atoms with E-state index in [1.807, 2.05) is 0 Å². The Labute approximate surface area is 155 Å². The van der Waals surface area contributed by atoms with Gasteiger partial charge in [-0.05, 0) is 36.4 Å². The fourth-order valence-corrected chi connectivity index (χ4v) is 3.86. The molecule has 3 N–H and O–H groups in total. The van der Waals surface area contributed by atoms with Crippen molar-refractivity contribution in [2.45, 2.75) is 14.7 Å². The van der Waals surface area contributed by atoms with Gasteiger partial charge >= 0.3 is 0 Å². The van der Waals surface area contributed by atoms with E-state index in [1.54, 1.807) is 0 Å². The molecular weight excluding hydrogens is 422 g/mol. The number of rotatable bonds is 5. The van der Waals surface area contributed by atoms with E-state index >= 15 is 0 Å². The van der Waals surface area contributed by atoms with Crippen molar-refractivity contribution >= 4 is 41.7 Å². The lowest BCUT2D eigenvalue weighted by molar-refractivity contribution is 0.102. The third-order valence-electron chi connectivity index (χ3n) is 3.26. The fraction of sp³-hybridized carbons (Fsp3) is 0.0714. The zero-order chi connectivity index (χ0) is 20.6. The predicted molar refractivity (Wildman–Crippen MR) is 93.6 cm³/mol. The summed E-state index contributed by atoms with van der Waals surface area (Å²) in [6, 6.07) is 6.96. The van der Waals surface area contributed by atoms with Gasteiger partial charge in [0.25, 0.3) is 26.1 Å². The van der Waals surface area contributed by atoms with E-state index in [4.69, 9.17) is 9.11 Å². The van der Waals surface area contributed by atoms with E-state index in [0.717, 1.165) is 24.5 Å². The van der Waals surface area contributed by atoms with Gasteiger partial charge in [-0.15, -0.1) is 0 Å². The minimum Gasteiger partial charge on any atom is -0.322 e. The first kappa shape index (κ1) is 21.0. The quantitative estimate of drug-likeness (QED) is 0.575. The standard InChI is InChI=1S/C14H13NO9S3/c1-25(17,18)11-4-2-3-9(5-11)14(16)15-10-6-12(26(19,20)21)8-13(7-10)27(22,23)24/h2-8H,1H3,(H,15,16)(H,19,20,21)(H,22,23,24). The summed E-state index contributed by atoms with van der Waals surface area (Å²) in [7, 11) is -13.3. The Morgan fingerprint density at radius 2 is 1.33 bits per heavy atom. The summed E-state index contributed by atoms with van der Waals surface area (Å²) in [5.41, 5.74) is -0.476. The fourth-order valence-electron chi connectivity index (χ4n) is 2.01. The molecule has 0 bridgehead atoms. The van der Waals surface area contributed by atoms with Gasteiger partial charge < -0.3 is 5.32 Å². The number of hydrogen-bond acceptors (Lipinski definition) is 7. The van der Waals surface area contributed by atoms with Crippen LogP contribution in [-0.2, 0) is 30.1 Å². The van der Waals surface area contributed by atoms with E-state index < -0.39 is 45.8 Å². The highest BCUT2D eigenvalue weighted by atomic mass is 32.2. The predicted octanol–water partition coefficient (Wildman–Crippen LogP) is 0.836. The molecule has 0 unspecified atom stereocenters. The van der Waals surface area contributed by atoms with E-state index in [1.165, 1.54) is 18.2 Å². The van der Waals surface area contributed by atoms with Gasteiger partial charge in [-0.3, -0.25) is 13.9 Å². The maximum absolute atomic E-state index is 12.3. The normalized spacial score (nSPS) is 12.6. The van der Waals surface area contributed by atoms with Crippen LogP contribution in [0.1, 0.15) is 10.4 Å². The van der Waals surface area contributed by atoms with Crippen LogP contribution in [0.2, 0.25) is 0 Å². The highest BCUT2D eigenvalue weighted by Crippen LogP contribution is 2.23. The molecule has 27 heavy (non-hydrogen) atoms. The van der Waals surface area contributed by atoms with Crippen molar-refractivity contribution in [3.05, 3.63) is 48.0 Å². The van der Waals surface area contributed by atoms with Gasteiger partial charge in [0.05, 0.1) is 14.7 Å². The highest BCUT2D eigenvalue weighted by molar-refractivity contribution is 7.90. The molecule has 13 heteroatoms. The first-order chi connectivity index (χ1) is 12.2. The monoisotopic (exact) mass is 435 g/mol. The third-order valence-corrected chi connectivity index (χ3v) is 6.03. The van der Waals surface area contributed by atoms with Crippen LogP contribution in [0, 0.1) is 0 Å². The molecule has 1 amide bonds. The van der Waals surface area contributed by atoms with Gasteiger partial charge in [0.1, 0.15) is 0 Å². The minimum atomic E-state index is -4.84. The summed E-state index contributed by atoms with van der Waals surface area (Å²) in [6.45, 7) is 0. The minimum absolute atomic E-state index is 0.108. The summed E-state index contributed by atoms with van der Waals surface area (Å²) < 4.78 is 86.4. The average Bonchev–Trinajstić information content (AvgIpc) is 2.52. The molecule has 0 aliphatic heterocycles. The summed E-state index contributed by atoms with van der Waals surface area (Å²) in [4.78, 5) is 10.4. The average molecular weight is 435 g/mol. The Morgan fingerprint density at radius 3 is 1.78 bits per heavy atom. The molecule has 2 rings (SSSR count). The van der Waals surface area contributed by atoms with Gasteiger partial charge in [0.15, 0.2) is 9.84 Å². The van der Waals surface area contributed by atoms with Crippen molar-refractivity contribution in [2.75, 3.05) is 11.6 Å². The third kappa shape index (κ3) is 5.33. The Kier molecular flexibility index (Phi) is 5.45. The van der Waals surface area contributed by atoms with Crippen molar-refractivity contribution in [1.82, 2.24) is 0 Å². The van der Waals surface area contributed by atoms with E-state index in [-0.39, 0.29) is 16.1 Å². The maximum Gasteiger partial charge on any atom is 0.294 e. The molecule has 0 spiro atoms. The van der Waals surface area contributed by atoms with Gasteiger partial charge in [-0.1, -0.05) is 6.07 Å². The molecule has 0 aromatic heterocycles. The Morgan fingerprint density at radius 1 is 0.815 bits per heavy atom. The lowest BCUT2D eigenvalue weighted by atomic mass is 10.2. The van der Waals surface area contributed by atoms with Crippen LogP contribution in [0.25, 0.3) is 0 Å². The van der Waals surface area contributed by atoms with E-state index in [9.17, 15) is 30.0 Å². The van der Waals surface area contributed by atoms with E-state index in [0.29, 0.717) is 6.07 Å². The molecular formula is C14H13NO9S3. The lowest BCUT2D eigenvalue weighted by Crippen LogP contribution is -2.14. The Hall–Kier alpha value is -2.32. The van der Waals surface area contributed by atoms with Crippen molar-refractivity contribution in [3.63, 3.8) is 0 Å². The van der Waals surface area contributed by atoms with Crippen LogP contribution in [0.3, 0.4) is 0 Å². The molecule has 146 valence electrons. The summed E-state index contributed by atoms with van der Waals surface area (Å²) >= 11 is 0. The smallest absolute Gasteiger partial charge is 0.294 e. The van der Waals surface area contributed by atoms with Crippen molar-refractivity contribution in [3.8, 4) is 0 Å². The van der Waals surface area contributed by atoms with Gasteiger partial charge in [-0.2, -0.15) is 16.8 Å². The molecule has 0 saturated heterocycles. The van der Waals surface area contributed by atoms with Crippen LogP contribution in [-0.4, -0.2) is 46.5 Å². The molecule has 10 nitrogen and oxygen atoms in total. The molecule has 2 aromatic carbocycles. The number of carbonyl (C=O) groups excluding carboxylic acids is 1. The van der Waals surface area contributed by atoms with Crippen molar-refractivity contribution in [2.24, 2.45) is 0 Å². The number of amides is 1. The Bertz CT molecular complexity index is 1180. The van der Waals surface area contributed by atoms with Crippen molar-refractivity contribution in [1.29, 1.82) is 0 Å². The topological polar surface area (TPSA) is 172 Å². The highest BCUT2D eigenvalue weighted by Gasteiger charge is 2.19. The first-order valence-corrected chi connectivity index (χ1v) is 11.7. The second kappa shape index (κ2) is 7.01. The zero-order valence-electron chi connectivity index (χ0n) is 13.5. The van der Waals surface area contributed by atoms with Crippen LogP contribution in [0.15, 0.2) is 57.2 Å². The van der Waals surface area contributed by atoms with Crippen LogP contribution in [0.5, 0.6) is 0 Å². The van der Waals surface area contributed by atoms with Gasteiger partial charge in [0.2, 0.25) is 0 Å². The van der Waals surface area contributed by atoms with Gasteiger partial charge in [-0.25, -0.2) is 8.42 Å². The molecule has 0 radical (unpaired) electrons. The first-order valence-electron chi connectivity index (χ1n) is 6.89. The zero-order valence-corrected chi connectivity index (χ0v) is 16.0. The number of nitrogens with one attached hydrogen (secondary N) is 1. The van der Waals surface area contributed by atoms with Crippen LogP contribution in [0.4, 0.5) is 5.69 Å². The number of benzene rings is 2. The van der Waals surface area contributed by atoms with Crippen LogP contribution >= 0.6 is 0 Å². The number of anilines is 1. The molecule has 0 fully saturated rings. The second-order valence-corrected chi connectivity index (χ2v) is 10.3. The maximum atomic E-state index is 12.3. The second-order valence-electron chi connectivity index (χ2n) is 5.40. The molecule has 0 atom stereocenters. The molecule has 2 aromatic rings. The van der Waals surface area contributed by atoms with E-state index in [2.05, 4.69) is 5.32 Å². The van der Waals surface area contributed by atoms with Gasteiger partial charge in [0, 0.05) is 17.5 Å². The summed E-state index contributed by atoms with van der Waals surface area (Å²) in [5, 5.41) is 2.18. The summed E-state index contributed by atoms with van der Waals surface area (Å²) in [5.74, 6) is -0.880. The lowest BCUT2D eigenvalue weighted by Gasteiger charge is -2.09. The molecule has 0 heterocycles. The van der Waals surface area contributed by atoms with Crippen molar-refractivity contribution < 1.29 is 39.2 Å². The number of sulfone groups is 1. The molecule has 0 aliphatic rings. The Balaban J connectivity index is 2.50.